The van der Waals surface area contributed by atoms with Gasteiger partial charge in [-0.15, -0.1) is 0 Å². The third kappa shape index (κ3) is 5.20. The van der Waals surface area contributed by atoms with E-state index in [9.17, 15) is 0 Å². The number of nitrogens with zero attached hydrogens (tertiary/aromatic N) is 1. The quantitative estimate of drug-likeness (QED) is 0.663. The van der Waals surface area contributed by atoms with Crippen LogP contribution in [-0.2, 0) is 9.47 Å². The highest BCUT2D eigenvalue weighted by atomic mass is 16.5. The van der Waals surface area contributed by atoms with Crippen molar-refractivity contribution in [3.05, 3.63) is 0 Å². The Morgan fingerprint density at radius 2 is 1.95 bits per heavy atom. The van der Waals surface area contributed by atoms with E-state index in [1.165, 1.54) is 58.2 Å². The molecular weight excluding hydrogens is 264 g/mol. The first-order valence-corrected chi connectivity index (χ1v) is 8.85. The van der Waals surface area contributed by atoms with Crippen molar-refractivity contribution in [1.29, 1.82) is 0 Å². The van der Waals surface area contributed by atoms with Gasteiger partial charge < -0.3 is 14.8 Å². The Morgan fingerprint density at radius 3 is 2.67 bits per heavy atom. The summed E-state index contributed by atoms with van der Waals surface area (Å²) in [5, 5.41) is 3.87. The molecule has 1 aliphatic heterocycles. The van der Waals surface area contributed by atoms with E-state index >= 15 is 0 Å². The number of hydrogen-bond acceptors (Lipinski definition) is 4. The standard InChI is InChI=1S/C17H34N2O2/c1-3-16-14-18-17(8-4-5-9-17)15-19(16)10-6-7-11-21-13-12-20-2/h16,18H,3-15H2,1-2H3. The molecule has 1 spiro atoms. The molecule has 1 atom stereocenters. The van der Waals surface area contributed by atoms with Crippen molar-refractivity contribution in [2.24, 2.45) is 0 Å². The zero-order chi connectivity index (χ0) is 15.0. The van der Waals surface area contributed by atoms with Gasteiger partial charge in [0.1, 0.15) is 0 Å². The van der Waals surface area contributed by atoms with Gasteiger partial charge in [-0.25, -0.2) is 0 Å². The van der Waals surface area contributed by atoms with E-state index in [4.69, 9.17) is 9.47 Å². The minimum atomic E-state index is 0.445. The Bertz CT molecular complexity index is 280. The van der Waals surface area contributed by atoms with E-state index in [0.717, 1.165) is 25.7 Å². The smallest absolute Gasteiger partial charge is 0.0700 e. The fraction of sp³-hybridized carbons (Fsp3) is 1.00. The van der Waals surface area contributed by atoms with Gasteiger partial charge in [0, 0.05) is 38.4 Å². The molecule has 21 heavy (non-hydrogen) atoms. The highest BCUT2D eigenvalue weighted by Gasteiger charge is 2.40. The van der Waals surface area contributed by atoms with Crippen molar-refractivity contribution in [2.45, 2.75) is 63.5 Å². The van der Waals surface area contributed by atoms with E-state index in [0.29, 0.717) is 12.1 Å². The normalized spacial score (nSPS) is 25.7. The van der Waals surface area contributed by atoms with Crippen LogP contribution in [0.2, 0.25) is 0 Å². The van der Waals surface area contributed by atoms with Crippen molar-refractivity contribution in [3.8, 4) is 0 Å². The van der Waals surface area contributed by atoms with Gasteiger partial charge in [0.05, 0.1) is 13.2 Å². The molecule has 1 saturated heterocycles. The topological polar surface area (TPSA) is 33.7 Å². The summed E-state index contributed by atoms with van der Waals surface area (Å²) in [5.41, 5.74) is 0.445. The van der Waals surface area contributed by atoms with E-state index < -0.39 is 0 Å². The van der Waals surface area contributed by atoms with Gasteiger partial charge >= 0.3 is 0 Å². The van der Waals surface area contributed by atoms with Crippen molar-refractivity contribution < 1.29 is 9.47 Å². The van der Waals surface area contributed by atoms with E-state index in [1.54, 1.807) is 7.11 Å². The lowest BCUT2D eigenvalue weighted by Gasteiger charge is -2.46. The highest BCUT2D eigenvalue weighted by Crippen LogP contribution is 2.33. The Hall–Kier alpha value is -0.160. The minimum absolute atomic E-state index is 0.445. The molecule has 2 aliphatic rings. The molecule has 4 heteroatoms. The molecule has 1 unspecified atom stereocenters. The molecule has 1 aliphatic carbocycles. The molecule has 0 aromatic rings. The zero-order valence-electron chi connectivity index (χ0n) is 14.0. The Kier molecular flexibility index (Phi) is 7.44. The second kappa shape index (κ2) is 9.09. The maximum absolute atomic E-state index is 5.55. The first-order valence-electron chi connectivity index (χ1n) is 8.85. The molecule has 4 nitrogen and oxygen atoms in total. The van der Waals surface area contributed by atoms with Crippen LogP contribution >= 0.6 is 0 Å². The van der Waals surface area contributed by atoms with Crippen molar-refractivity contribution in [3.63, 3.8) is 0 Å². The first kappa shape index (κ1) is 17.2. The number of unbranched alkanes of at least 4 members (excludes halogenated alkanes) is 1. The van der Waals surface area contributed by atoms with Gasteiger partial charge in [0.25, 0.3) is 0 Å². The van der Waals surface area contributed by atoms with Gasteiger partial charge in [-0.1, -0.05) is 19.8 Å². The van der Waals surface area contributed by atoms with Gasteiger partial charge in [0.15, 0.2) is 0 Å². The largest absolute Gasteiger partial charge is 0.382 e. The average molecular weight is 298 g/mol. The number of piperazine rings is 1. The molecule has 1 N–H and O–H groups in total. The monoisotopic (exact) mass is 298 g/mol. The molecule has 1 saturated carbocycles. The van der Waals surface area contributed by atoms with Crippen molar-refractivity contribution in [2.75, 3.05) is 46.6 Å². The molecule has 0 amide bonds. The molecule has 2 rings (SSSR count). The predicted octanol–water partition coefficient (Wildman–Crippen LogP) is 2.43. The summed E-state index contributed by atoms with van der Waals surface area (Å²) in [7, 11) is 1.72. The van der Waals surface area contributed by atoms with Gasteiger partial charge in [-0.3, -0.25) is 4.90 Å². The molecule has 2 fully saturated rings. The van der Waals surface area contributed by atoms with Crippen LogP contribution in [0.4, 0.5) is 0 Å². The van der Waals surface area contributed by atoms with Gasteiger partial charge in [-0.2, -0.15) is 0 Å². The molecule has 124 valence electrons. The number of rotatable bonds is 9. The SMILES string of the molecule is CCC1CNC2(CCCC2)CN1CCCCOCCOC. The fourth-order valence-corrected chi connectivity index (χ4v) is 3.85. The summed E-state index contributed by atoms with van der Waals surface area (Å²) >= 11 is 0. The number of methoxy groups -OCH3 is 1. The summed E-state index contributed by atoms with van der Waals surface area (Å²) in [6.07, 6.45) is 9.24. The lowest BCUT2D eigenvalue weighted by atomic mass is 9.91. The molecule has 0 radical (unpaired) electrons. The summed E-state index contributed by atoms with van der Waals surface area (Å²) < 4.78 is 10.5. The van der Waals surface area contributed by atoms with Crippen LogP contribution in [0.5, 0.6) is 0 Å². The van der Waals surface area contributed by atoms with Crippen LogP contribution in [0.1, 0.15) is 51.9 Å². The second-order valence-electron chi connectivity index (χ2n) is 6.71. The lowest BCUT2D eigenvalue weighted by Crippen LogP contribution is -2.63. The summed E-state index contributed by atoms with van der Waals surface area (Å²) in [4.78, 5) is 2.75. The van der Waals surface area contributed by atoms with Crippen LogP contribution in [0.25, 0.3) is 0 Å². The van der Waals surface area contributed by atoms with E-state index in [2.05, 4.69) is 17.1 Å². The summed E-state index contributed by atoms with van der Waals surface area (Å²) in [6, 6.07) is 0.727. The van der Waals surface area contributed by atoms with Crippen LogP contribution in [0.15, 0.2) is 0 Å². The summed E-state index contributed by atoms with van der Waals surface area (Å²) in [6.45, 7) is 8.30. The van der Waals surface area contributed by atoms with E-state index in [1.807, 2.05) is 0 Å². The molecule has 1 heterocycles. The Balaban J connectivity index is 1.66. The van der Waals surface area contributed by atoms with Crippen molar-refractivity contribution >= 4 is 0 Å². The number of nitrogens with one attached hydrogen (secondary N) is 1. The average Bonchev–Trinajstić information content (AvgIpc) is 2.95. The third-order valence-electron chi connectivity index (χ3n) is 5.18. The Morgan fingerprint density at radius 1 is 1.14 bits per heavy atom. The molecular formula is C17H34N2O2. The van der Waals surface area contributed by atoms with Crippen LogP contribution in [-0.4, -0.2) is 63.0 Å². The maximum atomic E-state index is 5.55. The van der Waals surface area contributed by atoms with Crippen LogP contribution in [0, 0.1) is 0 Å². The van der Waals surface area contributed by atoms with Crippen LogP contribution < -0.4 is 5.32 Å². The maximum Gasteiger partial charge on any atom is 0.0700 e. The zero-order valence-corrected chi connectivity index (χ0v) is 14.0. The number of hydrogen-bond donors (Lipinski definition) is 1. The fourth-order valence-electron chi connectivity index (χ4n) is 3.85. The molecule has 0 aromatic heterocycles. The van der Waals surface area contributed by atoms with Gasteiger partial charge in [0.2, 0.25) is 0 Å². The molecule has 0 aromatic carbocycles. The summed E-state index contributed by atoms with van der Waals surface area (Å²) in [5.74, 6) is 0. The van der Waals surface area contributed by atoms with Gasteiger partial charge in [-0.05, 0) is 38.6 Å². The minimum Gasteiger partial charge on any atom is -0.382 e. The first-order chi connectivity index (χ1) is 10.3. The number of ether oxygens (including phenoxy) is 2. The predicted molar refractivity (Wildman–Crippen MR) is 86.8 cm³/mol. The van der Waals surface area contributed by atoms with Crippen molar-refractivity contribution in [1.82, 2.24) is 10.2 Å². The van der Waals surface area contributed by atoms with E-state index in [-0.39, 0.29) is 0 Å². The lowest BCUT2D eigenvalue weighted by molar-refractivity contribution is 0.0582. The third-order valence-corrected chi connectivity index (χ3v) is 5.18. The Labute approximate surface area is 130 Å². The highest BCUT2D eigenvalue weighted by molar-refractivity contribution is 5.00. The van der Waals surface area contributed by atoms with Crippen LogP contribution in [0.3, 0.4) is 0 Å². The second-order valence-corrected chi connectivity index (χ2v) is 6.71. The molecule has 0 bridgehead atoms.